The number of hydrogen-bond donors (Lipinski definition) is 1. The monoisotopic (exact) mass is 373 g/mol. The number of ether oxygens (including phenoxy) is 3. The molecule has 0 spiro atoms. The van der Waals surface area contributed by atoms with Crippen LogP contribution in [0.25, 0.3) is 0 Å². The van der Waals surface area contributed by atoms with Gasteiger partial charge in [0.25, 0.3) is 0 Å². The van der Waals surface area contributed by atoms with Gasteiger partial charge in [-0.2, -0.15) is 0 Å². The van der Waals surface area contributed by atoms with Crippen LogP contribution in [0.5, 0.6) is 0 Å². The summed E-state index contributed by atoms with van der Waals surface area (Å²) in [5, 5.41) is 5.03. The molecule has 2 N–H and O–H groups in total. The Labute approximate surface area is 134 Å². The van der Waals surface area contributed by atoms with Crippen molar-refractivity contribution >= 4 is 31.2 Å². The van der Waals surface area contributed by atoms with Crippen LogP contribution in [0.2, 0.25) is 0 Å². The third-order valence-electron chi connectivity index (χ3n) is 2.48. The Bertz CT molecular complexity index is 679. The largest absolute Gasteiger partial charge is 0.382 e. The lowest BCUT2D eigenvalue weighted by Crippen LogP contribution is -2.10. The smallest absolute Gasteiger partial charge is 0.247 e. The number of rotatable bonds is 10. The summed E-state index contributed by atoms with van der Waals surface area (Å²) in [6.07, 6.45) is 1.26. The summed E-state index contributed by atoms with van der Waals surface area (Å²) < 4.78 is 60.9. The average molecular weight is 373 g/mol. The van der Waals surface area contributed by atoms with Crippen molar-refractivity contribution < 1.29 is 31.0 Å². The Hall–Kier alpha value is -0.560. The first kappa shape index (κ1) is 19.5. The molecule has 1 heterocycles. The zero-order valence-electron chi connectivity index (χ0n) is 12.3. The summed E-state index contributed by atoms with van der Waals surface area (Å²) in [4.78, 5) is 0. The van der Waals surface area contributed by atoms with Crippen LogP contribution in [0.3, 0.4) is 0 Å². The molecule has 1 aromatic rings. The molecule has 0 amide bonds. The summed E-state index contributed by atoms with van der Waals surface area (Å²) in [5.74, 6) is 0. The fourth-order valence-electron chi connectivity index (χ4n) is 1.52. The van der Waals surface area contributed by atoms with Crippen molar-refractivity contribution in [2.24, 2.45) is 5.14 Å². The molecule has 11 heteroatoms. The topological polar surface area (TPSA) is 122 Å². The van der Waals surface area contributed by atoms with Crippen molar-refractivity contribution in [2.75, 3.05) is 40.0 Å². The van der Waals surface area contributed by atoms with Crippen molar-refractivity contribution in [1.29, 1.82) is 0 Å². The highest BCUT2D eigenvalue weighted by atomic mass is 32.3. The van der Waals surface area contributed by atoms with E-state index in [0.29, 0.717) is 30.1 Å². The fraction of sp³-hybridized carbons (Fsp3) is 0.636. The number of sulfonamides is 1. The van der Waals surface area contributed by atoms with Crippen molar-refractivity contribution in [2.45, 2.75) is 14.8 Å². The fourth-order valence-corrected chi connectivity index (χ4v) is 4.88. The van der Waals surface area contributed by atoms with E-state index in [9.17, 15) is 16.8 Å². The van der Waals surface area contributed by atoms with E-state index in [2.05, 4.69) is 0 Å². The van der Waals surface area contributed by atoms with Crippen molar-refractivity contribution in [3.05, 3.63) is 11.6 Å². The summed E-state index contributed by atoms with van der Waals surface area (Å²) in [6.45, 7) is 1.07. The maximum atomic E-state index is 11.7. The molecule has 0 unspecified atom stereocenters. The van der Waals surface area contributed by atoms with Gasteiger partial charge in [0.2, 0.25) is 10.0 Å². The predicted octanol–water partition coefficient (Wildman–Crippen LogP) is -0.0214. The number of sulfone groups is 1. The summed E-state index contributed by atoms with van der Waals surface area (Å²) in [5.41, 5.74) is 0.369. The molecule has 1 rings (SSSR count). The summed E-state index contributed by atoms with van der Waals surface area (Å²) >= 11 is 0.644. The van der Waals surface area contributed by atoms with E-state index >= 15 is 0 Å². The van der Waals surface area contributed by atoms with Crippen molar-refractivity contribution in [3.63, 3.8) is 0 Å². The van der Waals surface area contributed by atoms with Gasteiger partial charge in [-0.1, -0.05) is 0 Å². The minimum atomic E-state index is -3.94. The Kier molecular flexibility index (Phi) is 7.38. The first-order valence-corrected chi connectivity index (χ1v) is 10.4. The standard InChI is InChI=1S/C11H19NO7S3/c1-17-5-6-19-8-18-4-3-9-7-10(22(12,15)16)20-11(9)21(2,13)14/h7H,3-6,8H2,1-2H3,(H2,12,15,16). The molecule has 0 saturated heterocycles. The highest BCUT2D eigenvalue weighted by molar-refractivity contribution is 7.94. The second-order valence-electron chi connectivity index (χ2n) is 4.37. The van der Waals surface area contributed by atoms with Crippen LogP contribution in [0, 0.1) is 0 Å². The van der Waals surface area contributed by atoms with Gasteiger partial charge in [-0.25, -0.2) is 22.0 Å². The predicted molar refractivity (Wildman–Crippen MR) is 81.2 cm³/mol. The third kappa shape index (κ3) is 6.28. The highest BCUT2D eigenvalue weighted by Crippen LogP contribution is 2.30. The number of thiophene rings is 1. The number of nitrogens with two attached hydrogens (primary N) is 1. The molecule has 22 heavy (non-hydrogen) atoms. The Morgan fingerprint density at radius 2 is 1.77 bits per heavy atom. The third-order valence-corrected chi connectivity index (χ3v) is 6.97. The van der Waals surface area contributed by atoms with Gasteiger partial charge in [0.05, 0.1) is 19.8 Å². The van der Waals surface area contributed by atoms with E-state index in [4.69, 9.17) is 19.3 Å². The van der Waals surface area contributed by atoms with E-state index in [-0.39, 0.29) is 28.2 Å². The van der Waals surface area contributed by atoms with E-state index in [1.54, 1.807) is 7.11 Å². The lowest BCUT2D eigenvalue weighted by Gasteiger charge is -2.05. The van der Waals surface area contributed by atoms with Crippen LogP contribution in [-0.2, 0) is 40.5 Å². The minimum Gasteiger partial charge on any atom is -0.382 e. The Balaban J connectivity index is 2.68. The van der Waals surface area contributed by atoms with Crippen LogP contribution in [0.4, 0.5) is 0 Å². The number of methoxy groups -OCH3 is 1. The van der Waals surface area contributed by atoms with Crippen molar-refractivity contribution in [3.8, 4) is 0 Å². The molecule has 8 nitrogen and oxygen atoms in total. The first-order chi connectivity index (χ1) is 10.2. The van der Waals surface area contributed by atoms with Crippen LogP contribution < -0.4 is 5.14 Å². The highest BCUT2D eigenvalue weighted by Gasteiger charge is 2.22. The molecule has 0 radical (unpaired) electrons. The molecular weight excluding hydrogens is 354 g/mol. The van der Waals surface area contributed by atoms with Gasteiger partial charge in [-0.3, -0.25) is 0 Å². The molecular formula is C11H19NO7S3. The summed E-state index contributed by atoms with van der Waals surface area (Å²) in [6, 6.07) is 1.27. The molecule has 0 bridgehead atoms. The van der Waals surface area contributed by atoms with E-state index in [0.717, 1.165) is 6.26 Å². The lowest BCUT2D eigenvalue weighted by atomic mass is 10.2. The molecule has 1 aromatic heterocycles. The van der Waals surface area contributed by atoms with E-state index in [1.165, 1.54) is 6.07 Å². The van der Waals surface area contributed by atoms with Gasteiger partial charge in [0.15, 0.2) is 9.84 Å². The number of hydrogen-bond acceptors (Lipinski definition) is 8. The Morgan fingerprint density at radius 1 is 1.14 bits per heavy atom. The van der Waals surface area contributed by atoms with Crippen LogP contribution in [0.15, 0.2) is 14.5 Å². The van der Waals surface area contributed by atoms with Gasteiger partial charge < -0.3 is 14.2 Å². The van der Waals surface area contributed by atoms with Gasteiger partial charge in [0.1, 0.15) is 15.2 Å². The molecule has 128 valence electrons. The summed E-state index contributed by atoms with van der Waals surface area (Å²) in [7, 11) is -5.92. The second-order valence-corrected chi connectivity index (χ2v) is 9.42. The molecule has 0 saturated carbocycles. The van der Waals surface area contributed by atoms with Crippen molar-refractivity contribution in [1.82, 2.24) is 0 Å². The zero-order chi connectivity index (χ0) is 16.8. The minimum absolute atomic E-state index is 0.0135. The van der Waals surface area contributed by atoms with Gasteiger partial charge in [-0.05, 0) is 18.1 Å². The molecule has 0 aliphatic rings. The maximum Gasteiger partial charge on any atom is 0.247 e. The normalized spacial score (nSPS) is 12.7. The molecule has 0 aromatic carbocycles. The zero-order valence-corrected chi connectivity index (χ0v) is 14.7. The van der Waals surface area contributed by atoms with Crippen LogP contribution in [0.1, 0.15) is 5.56 Å². The van der Waals surface area contributed by atoms with Crippen LogP contribution >= 0.6 is 11.3 Å². The SMILES string of the molecule is COCCOCOCCc1cc(S(N)(=O)=O)sc1S(C)(=O)=O. The van der Waals surface area contributed by atoms with Gasteiger partial charge in [-0.15, -0.1) is 11.3 Å². The Morgan fingerprint density at radius 3 is 2.32 bits per heavy atom. The molecule has 0 aliphatic heterocycles. The maximum absolute atomic E-state index is 11.7. The van der Waals surface area contributed by atoms with Gasteiger partial charge >= 0.3 is 0 Å². The van der Waals surface area contributed by atoms with E-state index in [1.807, 2.05) is 0 Å². The van der Waals surface area contributed by atoms with Gasteiger partial charge in [0, 0.05) is 13.4 Å². The van der Waals surface area contributed by atoms with E-state index < -0.39 is 19.9 Å². The second kappa shape index (κ2) is 8.34. The molecule has 0 fully saturated rings. The lowest BCUT2D eigenvalue weighted by molar-refractivity contribution is -0.0647. The average Bonchev–Trinajstić information content (AvgIpc) is 2.81. The van der Waals surface area contributed by atoms with Crippen LogP contribution in [-0.4, -0.2) is 56.8 Å². The first-order valence-electron chi connectivity index (χ1n) is 6.16. The molecule has 0 aliphatic carbocycles. The molecule has 0 atom stereocenters. The quantitative estimate of drug-likeness (QED) is 0.452. The number of primary sulfonamides is 1.